The Morgan fingerprint density at radius 3 is 2.88 bits per heavy atom. The molecule has 1 amide bonds. The molecule has 0 aliphatic carbocycles. The summed E-state index contributed by atoms with van der Waals surface area (Å²) in [4.78, 5) is 15.0. The number of likely N-dealkylation sites (tertiary alicyclic amines) is 1. The van der Waals surface area contributed by atoms with Crippen molar-refractivity contribution in [2.75, 3.05) is 19.6 Å². The average Bonchev–Trinajstić information content (AvgIpc) is 3.32. The van der Waals surface area contributed by atoms with Crippen LogP contribution in [0.25, 0.3) is 0 Å². The fourth-order valence-electron chi connectivity index (χ4n) is 4.01. The van der Waals surface area contributed by atoms with Crippen molar-refractivity contribution < 1.29 is 4.79 Å². The highest BCUT2D eigenvalue weighted by atomic mass is 16.2. The van der Waals surface area contributed by atoms with Crippen LogP contribution >= 0.6 is 0 Å². The summed E-state index contributed by atoms with van der Waals surface area (Å²) in [5.74, 6) is 0.00388. The highest BCUT2D eigenvalue weighted by Crippen LogP contribution is 2.33. The Bertz CT molecular complexity index is 750. The molecular weight excluding hydrogens is 314 g/mol. The maximum Gasteiger partial charge on any atom is 0.276 e. The molecule has 1 unspecified atom stereocenters. The van der Waals surface area contributed by atoms with Crippen LogP contribution in [0.3, 0.4) is 0 Å². The van der Waals surface area contributed by atoms with E-state index in [0.717, 1.165) is 45.3 Å². The highest BCUT2D eigenvalue weighted by molar-refractivity contribution is 5.92. The first-order chi connectivity index (χ1) is 12.2. The molecule has 1 aromatic carbocycles. The normalized spacial score (nSPS) is 21.6. The van der Waals surface area contributed by atoms with Crippen LogP contribution in [0.1, 0.15) is 59.4 Å². The van der Waals surface area contributed by atoms with Gasteiger partial charge in [0.2, 0.25) is 0 Å². The Labute approximate surface area is 148 Å². The maximum absolute atomic E-state index is 13.0. The fraction of sp³-hybridized carbons (Fsp3) is 0.526. The molecule has 2 aliphatic rings. The smallest absolute Gasteiger partial charge is 0.276 e. The lowest BCUT2D eigenvalue weighted by atomic mass is 10.0. The second-order valence-electron chi connectivity index (χ2n) is 7.14. The number of amides is 1. The quantitative estimate of drug-likeness (QED) is 0.933. The molecule has 25 heavy (non-hydrogen) atoms. The standard InChI is InChI=1S/C19H25N5O/c1-14-4-2-5-15(12-14)18-6-3-11-23(18)19(25)17-13-24(22-21-17)16-7-9-20-10-8-16/h2,4-5,12-13,16,18,20H,3,6-11H2,1H3. The molecule has 6 nitrogen and oxygen atoms in total. The summed E-state index contributed by atoms with van der Waals surface area (Å²) in [6, 6.07) is 8.96. The zero-order valence-electron chi connectivity index (χ0n) is 14.7. The van der Waals surface area contributed by atoms with Gasteiger partial charge < -0.3 is 10.2 Å². The summed E-state index contributed by atoms with van der Waals surface area (Å²) in [5.41, 5.74) is 2.92. The lowest BCUT2D eigenvalue weighted by Gasteiger charge is -2.24. The Hall–Kier alpha value is -2.21. The van der Waals surface area contributed by atoms with Crippen molar-refractivity contribution >= 4 is 5.91 Å². The molecule has 2 saturated heterocycles. The van der Waals surface area contributed by atoms with Crippen LogP contribution in [0.15, 0.2) is 30.5 Å². The van der Waals surface area contributed by atoms with Crippen molar-refractivity contribution in [1.82, 2.24) is 25.2 Å². The number of hydrogen-bond acceptors (Lipinski definition) is 4. The molecule has 0 bridgehead atoms. The second kappa shape index (κ2) is 6.96. The highest BCUT2D eigenvalue weighted by Gasteiger charge is 2.32. The number of rotatable bonds is 3. The molecule has 0 radical (unpaired) electrons. The monoisotopic (exact) mass is 339 g/mol. The predicted octanol–water partition coefficient (Wildman–Crippen LogP) is 2.49. The largest absolute Gasteiger partial charge is 0.330 e. The molecule has 1 atom stereocenters. The number of piperidine rings is 1. The van der Waals surface area contributed by atoms with Crippen molar-refractivity contribution in [2.45, 2.75) is 44.7 Å². The number of nitrogens with zero attached hydrogens (tertiary/aromatic N) is 4. The molecule has 2 fully saturated rings. The van der Waals surface area contributed by atoms with Crippen LogP contribution in [-0.2, 0) is 0 Å². The van der Waals surface area contributed by atoms with Crippen LogP contribution in [0.2, 0.25) is 0 Å². The van der Waals surface area contributed by atoms with Gasteiger partial charge in [-0.15, -0.1) is 5.10 Å². The number of aryl methyl sites for hydroxylation is 1. The first-order valence-electron chi connectivity index (χ1n) is 9.22. The Kier molecular flexibility index (Phi) is 4.53. The Balaban J connectivity index is 1.52. The molecule has 6 heteroatoms. The fourth-order valence-corrected chi connectivity index (χ4v) is 4.01. The van der Waals surface area contributed by atoms with Crippen LogP contribution < -0.4 is 5.32 Å². The SMILES string of the molecule is Cc1cccc(C2CCCN2C(=O)c2cn(C3CCNCC3)nn2)c1. The van der Waals surface area contributed by atoms with Crippen LogP contribution in [0.5, 0.6) is 0 Å². The minimum Gasteiger partial charge on any atom is -0.330 e. The van der Waals surface area contributed by atoms with Gasteiger partial charge in [0.25, 0.3) is 5.91 Å². The third-order valence-electron chi connectivity index (χ3n) is 5.35. The van der Waals surface area contributed by atoms with Gasteiger partial charge in [0.05, 0.1) is 18.3 Å². The molecule has 0 spiro atoms. The van der Waals surface area contributed by atoms with Gasteiger partial charge in [0, 0.05) is 6.54 Å². The van der Waals surface area contributed by atoms with E-state index in [1.807, 2.05) is 15.8 Å². The Morgan fingerprint density at radius 1 is 1.24 bits per heavy atom. The predicted molar refractivity (Wildman–Crippen MR) is 95.4 cm³/mol. The minimum atomic E-state index is 0.00388. The number of carbonyl (C=O) groups is 1. The zero-order chi connectivity index (χ0) is 17.2. The number of nitrogens with one attached hydrogen (secondary N) is 1. The van der Waals surface area contributed by atoms with E-state index >= 15 is 0 Å². The average molecular weight is 339 g/mol. The van der Waals surface area contributed by atoms with Crippen LogP contribution in [-0.4, -0.2) is 45.4 Å². The van der Waals surface area contributed by atoms with E-state index < -0.39 is 0 Å². The number of hydrogen-bond donors (Lipinski definition) is 1. The first-order valence-corrected chi connectivity index (χ1v) is 9.22. The maximum atomic E-state index is 13.0. The molecule has 2 aromatic rings. The van der Waals surface area contributed by atoms with Gasteiger partial charge in [0.1, 0.15) is 0 Å². The van der Waals surface area contributed by atoms with Gasteiger partial charge in [-0.2, -0.15) is 0 Å². The summed E-state index contributed by atoms with van der Waals surface area (Å²) < 4.78 is 1.88. The van der Waals surface area contributed by atoms with Crippen molar-refractivity contribution in [2.24, 2.45) is 0 Å². The molecule has 4 rings (SSSR count). The lowest BCUT2D eigenvalue weighted by molar-refractivity contribution is 0.0729. The number of aromatic nitrogens is 3. The van der Waals surface area contributed by atoms with E-state index in [9.17, 15) is 4.79 Å². The summed E-state index contributed by atoms with van der Waals surface area (Å²) in [6.07, 6.45) is 5.95. The van der Waals surface area contributed by atoms with E-state index in [0.29, 0.717) is 11.7 Å². The third-order valence-corrected chi connectivity index (χ3v) is 5.35. The van der Waals surface area contributed by atoms with Crippen molar-refractivity contribution in [1.29, 1.82) is 0 Å². The van der Waals surface area contributed by atoms with E-state index in [1.54, 1.807) is 0 Å². The Morgan fingerprint density at radius 2 is 2.08 bits per heavy atom. The zero-order valence-corrected chi connectivity index (χ0v) is 14.7. The third kappa shape index (κ3) is 3.31. The number of benzene rings is 1. The summed E-state index contributed by atoms with van der Waals surface area (Å²) in [6.45, 7) is 4.87. The van der Waals surface area contributed by atoms with Gasteiger partial charge in [-0.3, -0.25) is 4.79 Å². The van der Waals surface area contributed by atoms with Crippen molar-refractivity contribution in [3.8, 4) is 0 Å². The van der Waals surface area contributed by atoms with Gasteiger partial charge in [0.15, 0.2) is 5.69 Å². The number of carbonyl (C=O) groups excluding carboxylic acids is 1. The van der Waals surface area contributed by atoms with Gasteiger partial charge >= 0.3 is 0 Å². The van der Waals surface area contributed by atoms with Gasteiger partial charge in [-0.1, -0.05) is 35.0 Å². The molecule has 0 saturated carbocycles. The minimum absolute atomic E-state index is 0.00388. The molecule has 2 aliphatic heterocycles. The summed E-state index contributed by atoms with van der Waals surface area (Å²) >= 11 is 0. The van der Waals surface area contributed by atoms with E-state index in [1.165, 1.54) is 11.1 Å². The molecule has 132 valence electrons. The topological polar surface area (TPSA) is 63.1 Å². The lowest BCUT2D eigenvalue weighted by Crippen LogP contribution is -2.31. The molecule has 1 aromatic heterocycles. The second-order valence-corrected chi connectivity index (χ2v) is 7.14. The first kappa shape index (κ1) is 16.3. The van der Waals surface area contributed by atoms with Gasteiger partial charge in [-0.25, -0.2) is 4.68 Å². The summed E-state index contributed by atoms with van der Waals surface area (Å²) in [7, 11) is 0. The van der Waals surface area contributed by atoms with Crippen molar-refractivity contribution in [3.63, 3.8) is 0 Å². The van der Waals surface area contributed by atoms with Crippen LogP contribution in [0.4, 0.5) is 0 Å². The van der Waals surface area contributed by atoms with E-state index in [-0.39, 0.29) is 11.9 Å². The summed E-state index contributed by atoms with van der Waals surface area (Å²) in [5, 5.41) is 11.8. The van der Waals surface area contributed by atoms with Crippen LogP contribution in [0, 0.1) is 6.92 Å². The van der Waals surface area contributed by atoms with Gasteiger partial charge in [-0.05, 0) is 51.3 Å². The molecule has 1 N–H and O–H groups in total. The van der Waals surface area contributed by atoms with Crippen molar-refractivity contribution in [3.05, 3.63) is 47.3 Å². The van der Waals surface area contributed by atoms with E-state index in [4.69, 9.17) is 0 Å². The van der Waals surface area contributed by atoms with E-state index in [2.05, 4.69) is 46.8 Å². The molecule has 3 heterocycles. The molecular formula is C19H25N5O.